The number of fused-ring (bicyclic) bond motifs is 2. The maximum Gasteiger partial charge on any atom is 0.320 e. The zero-order valence-electron chi connectivity index (χ0n) is 14.7. The molecule has 0 fully saturated rings. The lowest BCUT2D eigenvalue weighted by Crippen LogP contribution is -2.16. The highest BCUT2D eigenvalue weighted by Crippen LogP contribution is 2.29. The van der Waals surface area contributed by atoms with E-state index >= 15 is 0 Å². The van der Waals surface area contributed by atoms with E-state index in [4.69, 9.17) is 9.47 Å². The summed E-state index contributed by atoms with van der Waals surface area (Å²) in [5.41, 5.74) is 2.62. The van der Waals surface area contributed by atoms with Crippen LogP contribution in [0.2, 0.25) is 0 Å². The first-order valence-corrected chi connectivity index (χ1v) is 8.72. The van der Waals surface area contributed by atoms with Gasteiger partial charge in [0.1, 0.15) is 5.75 Å². The summed E-state index contributed by atoms with van der Waals surface area (Å²) in [7, 11) is 0. The smallest absolute Gasteiger partial charge is 0.320 e. The largest absolute Gasteiger partial charge is 0.493 e. The summed E-state index contributed by atoms with van der Waals surface area (Å²) in [6, 6.07) is 12.2. The topological polar surface area (TPSA) is 53.4 Å². The molecule has 0 saturated heterocycles. The Kier molecular flexibility index (Phi) is 4.51. The van der Waals surface area contributed by atoms with Crippen molar-refractivity contribution < 1.29 is 23.0 Å². The molecule has 3 aromatic rings. The minimum absolute atomic E-state index is 0.0295. The minimum atomic E-state index is -2.77. The Hall–Kier alpha value is -2.96. The highest BCUT2D eigenvalue weighted by atomic mass is 19.3. The van der Waals surface area contributed by atoms with Crippen LogP contribution in [0.1, 0.15) is 36.5 Å². The van der Waals surface area contributed by atoms with Gasteiger partial charge in [-0.25, -0.2) is 4.98 Å². The van der Waals surface area contributed by atoms with E-state index in [1.807, 2.05) is 18.2 Å². The van der Waals surface area contributed by atoms with Crippen LogP contribution in [0.25, 0.3) is 11.0 Å². The first-order chi connectivity index (χ1) is 13.0. The van der Waals surface area contributed by atoms with E-state index in [0.29, 0.717) is 17.6 Å². The molecule has 0 saturated carbocycles. The number of hydrogen-bond donors (Lipinski definition) is 0. The summed E-state index contributed by atoms with van der Waals surface area (Å²) < 4.78 is 38.7. The summed E-state index contributed by atoms with van der Waals surface area (Å²) in [6.07, 6.45) is -0.0174. The van der Waals surface area contributed by atoms with Crippen LogP contribution in [-0.2, 0) is 22.4 Å². The fourth-order valence-corrected chi connectivity index (χ4v) is 3.36. The van der Waals surface area contributed by atoms with Gasteiger partial charge in [0, 0.05) is 6.42 Å². The number of halogens is 2. The molecular weight excluding hydrogens is 354 g/mol. The van der Waals surface area contributed by atoms with Gasteiger partial charge < -0.3 is 9.47 Å². The molecule has 0 radical (unpaired) electrons. The standard InChI is InChI=1S/C20H18F2N2O3/c1-12(19-23-15-4-2-3-5-16(15)24(19)20(21)22)27-18(25)11-13-6-7-17-14(10-13)8-9-26-17/h2-7,10,12,20H,8-9,11H2,1H3. The molecule has 1 unspecified atom stereocenters. The first kappa shape index (κ1) is 17.5. The second kappa shape index (κ2) is 6.98. The van der Waals surface area contributed by atoms with Crippen LogP contribution in [0.3, 0.4) is 0 Å². The Labute approximate surface area is 154 Å². The molecule has 1 aromatic heterocycles. The Bertz CT molecular complexity index is 1000. The van der Waals surface area contributed by atoms with Gasteiger partial charge in [-0.3, -0.25) is 9.36 Å². The van der Waals surface area contributed by atoms with Crippen LogP contribution < -0.4 is 4.74 Å². The number of benzene rings is 2. The lowest BCUT2D eigenvalue weighted by Gasteiger charge is -2.15. The molecule has 1 aliphatic rings. The van der Waals surface area contributed by atoms with Crippen molar-refractivity contribution in [2.45, 2.75) is 32.4 Å². The van der Waals surface area contributed by atoms with Crippen molar-refractivity contribution >= 4 is 17.0 Å². The second-order valence-electron chi connectivity index (χ2n) is 6.46. The number of alkyl halides is 2. The highest BCUT2D eigenvalue weighted by Gasteiger charge is 2.24. The summed E-state index contributed by atoms with van der Waals surface area (Å²) in [6.45, 7) is -0.580. The number of carbonyl (C=O) groups is 1. The Balaban J connectivity index is 1.52. The van der Waals surface area contributed by atoms with E-state index in [9.17, 15) is 13.6 Å². The van der Waals surface area contributed by atoms with E-state index in [1.54, 1.807) is 31.2 Å². The van der Waals surface area contributed by atoms with Gasteiger partial charge in [-0.2, -0.15) is 8.78 Å². The van der Waals surface area contributed by atoms with Gasteiger partial charge >= 0.3 is 12.5 Å². The van der Waals surface area contributed by atoms with Gasteiger partial charge in [0.2, 0.25) is 0 Å². The normalized spacial score (nSPS) is 14.2. The molecule has 0 N–H and O–H groups in total. The monoisotopic (exact) mass is 372 g/mol. The van der Waals surface area contributed by atoms with Gasteiger partial charge in [0.15, 0.2) is 11.9 Å². The van der Waals surface area contributed by atoms with Crippen molar-refractivity contribution in [3.63, 3.8) is 0 Å². The van der Waals surface area contributed by atoms with E-state index in [1.165, 1.54) is 0 Å². The number of ether oxygens (including phenoxy) is 2. The van der Waals surface area contributed by atoms with Crippen LogP contribution in [-0.4, -0.2) is 22.1 Å². The number of esters is 1. The SMILES string of the molecule is CC(OC(=O)Cc1ccc2c(c1)CCO2)c1nc2ccccc2n1C(F)F. The molecule has 0 aliphatic carbocycles. The van der Waals surface area contributed by atoms with E-state index < -0.39 is 18.6 Å². The molecule has 0 amide bonds. The van der Waals surface area contributed by atoms with E-state index in [2.05, 4.69) is 4.98 Å². The van der Waals surface area contributed by atoms with Crippen molar-refractivity contribution in [3.05, 3.63) is 59.4 Å². The van der Waals surface area contributed by atoms with E-state index in [0.717, 1.165) is 27.9 Å². The van der Waals surface area contributed by atoms with Crippen molar-refractivity contribution in [1.82, 2.24) is 9.55 Å². The average Bonchev–Trinajstić information content (AvgIpc) is 3.25. The molecule has 1 atom stereocenters. The maximum absolute atomic E-state index is 13.5. The third-order valence-electron chi connectivity index (χ3n) is 4.59. The zero-order chi connectivity index (χ0) is 19.0. The molecule has 4 rings (SSSR count). The van der Waals surface area contributed by atoms with E-state index in [-0.39, 0.29) is 12.2 Å². The van der Waals surface area contributed by atoms with Gasteiger partial charge in [0.05, 0.1) is 24.1 Å². The number of carbonyl (C=O) groups excluding carboxylic acids is 1. The fourth-order valence-electron chi connectivity index (χ4n) is 3.36. The third-order valence-corrected chi connectivity index (χ3v) is 4.59. The summed E-state index contributed by atoms with van der Waals surface area (Å²) in [5, 5.41) is 0. The van der Waals surface area contributed by atoms with Gasteiger partial charge in [-0.15, -0.1) is 0 Å². The Morgan fingerprint density at radius 2 is 2.11 bits per heavy atom. The van der Waals surface area contributed by atoms with Crippen LogP contribution >= 0.6 is 0 Å². The highest BCUT2D eigenvalue weighted by molar-refractivity contribution is 5.76. The lowest BCUT2D eigenvalue weighted by molar-refractivity contribution is -0.148. The predicted molar refractivity (Wildman–Crippen MR) is 94.8 cm³/mol. The number of nitrogens with zero attached hydrogens (tertiary/aromatic N) is 2. The number of imidazole rings is 1. The maximum atomic E-state index is 13.5. The minimum Gasteiger partial charge on any atom is -0.493 e. The summed E-state index contributed by atoms with van der Waals surface area (Å²) >= 11 is 0. The van der Waals surface area contributed by atoms with Crippen molar-refractivity contribution in [2.75, 3.05) is 6.61 Å². The molecule has 0 spiro atoms. The molecule has 7 heteroatoms. The van der Waals surface area contributed by atoms with Gasteiger partial charge in [-0.1, -0.05) is 24.3 Å². The van der Waals surface area contributed by atoms with Crippen molar-refractivity contribution in [3.8, 4) is 5.75 Å². The Morgan fingerprint density at radius 1 is 1.30 bits per heavy atom. The molecule has 0 bridgehead atoms. The summed E-state index contributed by atoms with van der Waals surface area (Å²) in [4.78, 5) is 16.5. The molecule has 27 heavy (non-hydrogen) atoms. The second-order valence-corrected chi connectivity index (χ2v) is 6.46. The molecule has 5 nitrogen and oxygen atoms in total. The molecule has 2 heterocycles. The van der Waals surface area contributed by atoms with Gasteiger partial charge in [0.25, 0.3) is 0 Å². The number of hydrogen-bond acceptors (Lipinski definition) is 4. The number of rotatable bonds is 5. The van der Waals surface area contributed by atoms with Crippen LogP contribution in [0.5, 0.6) is 5.75 Å². The first-order valence-electron chi connectivity index (χ1n) is 8.72. The Morgan fingerprint density at radius 3 is 2.93 bits per heavy atom. The van der Waals surface area contributed by atoms with Crippen molar-refractivity contribution in [1.29, 1.82) is 0 Å². The number of aromatic nitrogens is 2. The number of para-hydroxylation sites is 2. The molecule has 1 aliphatic heterocycles. The molecule has 2 aromatic carbocycles. The zero-order valence-corrected chi connectivity index (χ0v) is 14.7. The van der Waals surface area contributed by atoms with Gasteiger partial charge in [-0.05, 0) is 36.2 Å². The quantitative estimate of drug-likeness (QED) is 0.630. The summed E-state index contributed by atoms with van der Waals surface area (Å²) in [5.74, 6) is 0.377. The van der Waals surface area contributed by atoms with Crippen molar-refractivity contribution in [2.24, 2.45) is 0 Å². The fraction of sp³-hybridized carbons (Fsp3) is 0.300. The van der Waals surface area contributed by atoms with Crippen LogP contribution in [0, 0.1) is 0 Å². The predicted octanol–water partition coefficient (Wildman–Crippen LogP) is 4.21. The molecule has 140 valence electrons. The van der Waals surface area contributed by atoms with Crippen LogP contribution in [0.4, 0.5) is 8.78 Å². The lowest BCUT2D eigenvalue weighted by atomic mass is 10.1. The average molecular weight is 372 g/mol. The third kappa shape index (κ3) is 3.37. The molecular formula is C20H18F2N2O3. The van der Waals surface area contributed by atoms with Crippen LogP contribution in [0.15, 0.2) is 42.5 Å².